The molecule has 20 heavy (non-hydrogen) atoms. The van der Waals surface area contributed by atoms with Crippen molar-refractivity contribution in [3.63, 3.8) is 0 Å². The summed E-state index contributed by atoms with van der Waals surface area (Å²) in [7, 11) is 1.86. The second-order valence-corrected chi connectivity index (χ2v) is 6.43. The van der Waals surface area contributed by atoms with Gasteiger partial charge in [0.25, 0.3) is 0 Å². The number of aromatic nitrogens is 4. The monoisotopic (exact) mass is 341 g/mol. The number of nitrogens with zero attached hydrogens (tertiary/aromatic N) is 4. The number of nitrogens with one attached hydrogen (secondary N) is 1. The first kappa shape index (κ1) is 15.2. The number of anilines is 1. The fraction of sp³-hybridized carbons (Fsp3) is 0.615. The highest BCUT2D eigenvalue weighted by Crippen LogP contribution is 2.28. The molecule has 0 aliphatic carbocycles. The molecule has 0 saturated heterocycles. The average molecular weight is 342 g/mol. The van der Waals surface area contributed by atoms with Crippen molar-refractivity contribution in [2.45, 2.75) is 26.7 Å². The molecular formula is C13H20BrN5O. The van der Waals surface area contributed by atoms with Crippen molar-refractivity contribution in [2.75, 3.05) is 18.5 Å². The van der Waals surface area contributed by atoms with Crippen molar-refractivity contribution in [3.05, 3.63) is 10.9 Å². The lowest BCUT2D eigenvalue weighted by Gasteiger charge is -2.25. The molecule has 0 unspecified atom stereocenters. The van der Waals surface area contributed by atoms with Crippen molar-refractivity contribution < 1.29 is 5.11 Å². The van der Waals surface area contributed by atoms with Crippen LogP contribution in [0.1, 0.15) is 26.7 Å². The molecule has 0 aliphatic rings. The molecule has 0 amide bonds. The van der Waals surface area contributed by atoms with Crippen LogP contribution in [-0.2, 0) is 7.05 Å². The van der Waals surface area contributed by atoms with Crippen molar-refractivity contribution in [1.82, 2.24) is 19.7 Å². The highest BCUT2D eigenvalue weighted by Gasteiger charge is 2.19. The summed E-state index contributed by atoms with van der Waals surface area (Å²) in [6, 6.07) is 0. The minimum Gasteiger partial charge on any atom is -0.396 e. The van der Waals surface area contributed by atoms with E-state index in [9.17, 15) is 0 Å². The van der Waals surface area contributed by atoms with Crippen molar-refractivity contribution in [1.29, 1.82) is 0 Å². The fourth-order valence-corrected chi connectivity index (χ4v) is 2.75. The Bertz CT molecular complexity index is 596. The Morgan fingerprint density at radius 1 is 1.40 bits per heavy atom. The van der Waals surface area contributed by atoms with E-state index in [4.69, 9.17) is 5.11 Å². The summed E-state index contributed by atoms with van der Waals surface area (Å²) in [6.45, 7) is 5.36. The summed E-state index contributed by atoms with van der Waals surface area (Å²) in [4.78, 5) is 8.55. The molecule has 2 heterocycles. The van der Waals surface area contributed by atoms with Gasteiger partial charge in [0.15, 0.2) is 5.65 Å². The minimum atomic E-state index is 0.0920. The van der Waals surface area contributed by atoms with Crippen LogP contribution in [0.25, 0.3) is 11.0 Å². The Morgan fingerprint density at radius 3 is 2.85 bits per heavy atom. The SMILES string of the molecule is Cn1nc(Br)c2c(NCC(C)(C)CCCO)ncnc21. The van der Waals surface area contributed by atoms with Gasteiger partial charge in [0, 0.05) is 20.2 Å². The fourth-order valence-electron chi connectivity index (χ4n) is 2.14. The number of rotatable bonds is 6. The van der Waals surface area contributed by atoms with Gasteiger partial charge < -0.3 is 10.4 Å². The van der Waals surface area contributed by atoms with Crippen LogP contribution in [0.3, 0.4) is 0 Å². The number of fused-ring (bicyclic) bond motifs is 1. The number of hydrogen-bond acceptors (Lipinski definition) is 5. The molecule has 6 nitrogen and oxygen atoms in total. The van der Waals surface area contributed by atoms with Crippen LogP contribution in [0.4, 0.5) is 5.82 Å². The molecule has 2 rings (SSSR count). The van der Waals surface area contributed by atoms with Crippen molar-refractivity contribution in [3.8, 4) is 0 Å². The van der Waals surface area contributed by atoms with E-state index in [1.54, 1.807) is 11.0 Å². The first-order chi connectivity index (χ1) is 9.44. The molecular weight excluding hydrogens is 322 g/mol. The molecule has 0 fully saturated rings. The van der Waals surface area contributed by atoms with E-state index < -0.39 is 0 Å². The Morgan fingerprint density at radius 2 is 2.15 bits per heavy atom. The van der Waals surface area contributed by atoms with Gasteiger partial charge in [0.2, 0.25) is 0 Å². The van der Waals surface area contributed by atoms with E-state index in [-0.39, 0.29) is 12.0 Å². The zero-order chi connectivity index (χ0) is 14.8. The predicted octanol–water partition coefficient (Wildman–Crippen LogP) is 2.34. The number of aliphatic hydroxyl groups is 1. The summed E-state index contributed by atoms with van der Waals surface area (Å²) in [5, 5.41) is 17.5. The molecule has 2 N–H and O–H groups in total. The summed E-state index contributed by atoms with van der Waals surface area (Å²) in [5.41, 5.74) is 0.886. The number of halogens is 1. The molecule has 110 valence electrons. The van der Waals surface area contributed by atoms with Gasteiger partial charge in [-0.1, -0.05) is 13.8 Å². The maximum absolute atomic E-state index is 8.94. The lowest BCUT2D eigenvalue weighted by atomic mass is 9.88. The zero-order valence-electron chi connectivity index (χ0n) is 12.0. The first-order valence-corrected chi connectivity index (χ1v) is 7.42. The average Bonchev–Trinajstić information content (AvgIpc) is 2.70. The number of aliphatic hydroxyl groups excluding tert-OH is 1. The Hall–Kier alpha value is -1.21. The Kier molecular flexibility index (Phi) is 4.59. The van der Waals surface area contributed by atoms with Gasteiger partial charge in [-0.25, -0.2) is 14.6 Å². The quantitative estimate of drug-likeness (QED) is 0.843. The van der Waals surface area contributed by atoms with E-state index in [2.05, 4.69) is 50.2 Å². The predicted molar refractivity (Wildman–Crippen MR) is 82.6 cm³/mol. The van der Waals surface area contributed by atoms with Crippen molar-refractivity contribution in [2.24, 2.45) is 12.5 Å². The molecule has 0 aromatic carbocycles. The molecule has 0 aliphatic heterocycles. The molecule has 0 bridgehead atoms. The first-order valence-electron chi connectivity index (χ1n) is 6.62. The van der Waals surface area contributed by atoms with Crippen LogP contribution >= 0.6 is 15.9 Å². The lowest BCUT2D eigenvalue weighted by Crippen LogP contribution is -2.24. The summed E-state index contributed by atoms with van der Waals surface area (Å²) < 4.78 is 2.47. The van der Waals surface area contributed by atoms with Gasteiger partial charge in [-0.05, 0) is 34.2 Å². The summed E-state index contributed by atoms with van der Waals surface area (Å²) >= 11 is 3.45. The molecule has 7 heteroatoms. The maximum Gasteiger partial charge on any atom is 0.164 e. The van der Waals surface area contributed by atoms with Crippen molar-refractivity contribution >= 4 is 32.8 Å². The van der Waals surface area contributed by atoms with Crippen LogP contribution in [0.15, 0.2) is 10.9 Å². The molecule has 2 aromatic heterocycles. The van der Waals surface area contributed by atoms with E-state index >= 15 is 0 Å². The third kappa shape index (κ3) is 3.27. The van der Waals surface area contributed by atoms with Gasteiger partial charge >= 0.3 is 0 Å². The molecule has 0 radical (unpaired) electrons. The largest absolute Gasteiger partial charge is 0.396 e. The molecule has 2 aromatic rings. The Balaban J connectivity index is 2.18. The summed E-state index contributed by atoms with van der Waals surface area (Å²) in [5.74, 6) is 0.784. The van der Waals surface area contributed by atoms with Gasteiger partial charge in [0.05, 0.1) is 5.39 Å². The van der Waals surface area contributed by atoms with Gasteiger partial charge in [0.1, 0.15) is 16.7 Å². The topological polar surface area (TPSA) is 75.9 Å². The third-order valence-corrected chi connectivity index (χ3v) is 3.88. The molecule has 0 saturated carbocycles. The van der Waals surface area contributed by atoms with Crippen LogP contribution in [0.5, 0.6) is 0 Å². The van der Waals surface area contributed by atoms with Crippen LogP contribution < -0.4 is 5.32 Å². The third-order valence-electron chi connectivity index (χ3n) is 3.32. The lowest BCUT2D eigenvalue weighted by molar-refractivity contribution is 0.248. The van der Waals surface area contributed by atoms with E-state index in [1.807, 2.05) is 7.05 Å². The van der Waals surface area contributed by atoms with Gasteiger partial charge in [-0.2, -0.15) is 5.10 Å². The molecule has 0 spiro atoms. The van der Waals surface area contributed by atoms with Crippen LogP contribution in [0, 0.1) is 5.41 Å². The second kappa shape index (κ2) is 6.05. The molecule has 0 atom stereocenters. The minimum absolute atomic E-state index is 0.0920. The highest BCUT2D eigenvalue weighted by molar-refractivity contribution is 9.10. The van der Waals surface area contributed by atoms with E-state index in [1.165, 1.54) is 0 Å². The smallest absolute Gasteiger partial charge is 0.164 e. The zero-order valence-corrected chi connectivity index (χ0v) is 13.6. The van der Waals surface area contributed by atoms with E-state index in [0.29, 0.717) is 0 Å². The summed E-state index contributed by atoms with van der Waals surface area (Å²) in [6.07, 6.45) is 3.31. The standard InChI is InChI=1S/C13H20BrN5O/c1-13(2,5-4-6-20)7-15-11-9-10(14)18-19(3)12(9)17-8-16-11/h8,20H,4-7H2,1-3H3,(H,15,16,17). The van der Waals surface area contributed by atoms with Crippen LogP contribution in [0.2, 0.25) is 0 Å². The Labute approximate surface area is 126 Å². The highest BCUT2D eigenvalue weighted by atomic mass is 79.9. The van der Waals surface area contributed by atoms with E-state index in [0.717, 1.165) is 40.8 Å². The number of hydrogen-bond donors (Lipinski definition) is 2. The van der Waals surface area contributed by atoms with Gasteiger partial charge in [-0.15, -0.1) is 0 Å². The second-order valence-electron chi connectivity index (χ2n) is 5.68. The van der Waals surface area contributed by atoms with Gasteiger partial charge in [-0.3, -0.25) is 0 Å². The maximum atomic E-state index is 8.94. The number of aryl methyl sites for hydroxylation is 1. The van der Waals surface area contributed by atoms with Crippen LogP contribution in [-0.4, -0.2) is 38.0 Å². The normalized spacial score (nSPS) is 12.1.